The molecule has 1 N–H and O–H groups in total. The van der Waals surface area contributed by atoms with Gasteiger partial charge in [0.05, 0.1) is 0 Å². The van der Waals surface area contributed by atoms with Gasteiger partial charge in [-0.2, -0.15) is 0 Å². The molecule has 0 aliphatic heterocycles. The van der Waals surface area contributed by atoms with Gasteiger partial charge in [-0.1, -0.05) is 48.5 Å². The first-order valence-corrected chi connectivity index (χ1v) is 7.25. The zero-order valence-electron chi connectivity index (χ0n) is 11.9. The van der Waals surface area contributed by atoms with Crippen molar-refractivity contribution in [2.75, 3.05) is 0 Å². The molecule has 106 valence electrons. The summed E-state index contributed by atoms with van der Waals surface area (Å²) >= 11 is 0. The molecule has 0 radical (unpaired) electrons. The summed E-state index contributed by atoms with van der Waals surface area (Å²) in [5.41, 5.74) is 2.93. The normalized spacial score (nSPS) is 11.1. The average molecular weight is 286 g/mol. The monoisotopic (exact) mass is 286 g/mol. The van der Waals surface area contributed by atoms with Gasteiger partial charge in [-0.3, -0.25) is 4.79 Å². The van der Waals surface area contributed by atoms with Crippen molar-refractivity contribution in [3.8, 4) is 0 Å². The molecule has 0 amide bonds. The van der Waals surface area contributed by atoms with Crippen molar-refractivity contribution in [1.82, 2.24) is 9.97 Å². The van der Waals surface area contributed by atoms with E-state index in [9.17, 15) is 4.79 Å². The molecular weight excluding hydrogens is 272 g/mol. The lowest BCUT2D eigenvalue weighted by atomic mass is 10.0. The van der Waals surface area contributed by atoms with E-state index < -0.39 is 0 Å². The minimum atomic E-state index is -0.0913. The van der Waals surface area contributed by atoms with Crippen molar-refractivity contribution < 1.29 is 0 Å². The summed E-state index contributed by atoms with van der Waals surface area (Å²) in [4.78, 5) is 19.4. The first kappa shape index (κ1) is 12.8. The molecule has 3 nitrogen and oxygen atoms in total. The molecule has 4 rings (SSSR count). The van der Waals surface area contributed by atoms with Crippen molar-refractivity contribution >= 4 is 21.8 Å². The molecule has 22 heavy (non-hydrogen) atoms. The number of nitrogens with zero attached hydrogens (tertiary/aromatic N) is 1. The molecule has 2 aromatic heterocycles. The zero-order valence-corrected chi connectivity index (χ0v) is 11.9. The van der Waals surface area contributed by atoms with Crippen molar-refractivity contribution in [2.24, 2.45) is 0 Å². The summed E-state index contributed by atoms with van der Waals surface area (Å²) < 4.78 is 0. The van der Waals surface area contributed by atoms with Crippen LogP contribution in [0.4, 0.5) is 0 Å². The van der Waals surface area contributed by atoms with E-state index in [1.54, 1.807) is 0 Å². The van der Waals surface area contributed by atoms with Crippen LogP contribution >= 0.6 is 0 Å². The molecular formula is C19H14N2O. The second-order valence-corrected chi connectivity index (χ2v) is 5.40. The second-order valence-electron chi connectivity index (χ2n) is 5.40. The van der Waals surface area contributed by atoms with Gasteiger partial charge >= 0.3 is 0 Å². The summed E-state index contributed by atoms with van der Waals surface area (Å²) in [5.74, 6) is 0. The number of H-pyrrole nitrogens is 1. The van der Waals surface area contributed by atoms with Crippen LogP contribution in [0.5, 0.6) is 0 Å². The van der Waals surface area contributed by atoms with Crippen LogP contribution in [0.2, 0.25) is 0 Å². The standard InChI is InChI=1S/C19H14N2O/c22-19-16-9-5-4-8-15(16)17-11-14(12-20-18(17)21-19)10-13-6-2-1-3-7-13/h1-9,11-12H,10H2,(H,20,21,22). The van der Waals surface area contributed by atoms with E-state index in [-0.39, 0.29) is 5.56 Å². The number of hydrogen-bond acceptors (Lipinski definition) is 2. The number of aromatic nitrogens is 2. The Morgan fingerprint density at radius 3 is 2.36 bits per heavy atom. The highest BCUT2D eigenvalue weighted by Gasteiger charge is 2.06. The Kier molecular flexibility index (Phi) is 2.97. The van der Waals surface area contributed by atoms with Crippen molar-refractivity contribution in [3.63, 3.8) is 0 Å². The molecule has 0 saturated carbocycles. The predicted molar refractivity (Wildman–Crippen MR) is 89.1 cm³/mol. The highest BCUT2D eigenvalue weighted by molar-refractivity contribution is 6.04. The van der Waals surface area contributed by atoms with Gasteiger partial charge in [-0.25, -0.2) is 4.98 Å². The van der Waals surface area contributed by atoms with Crippen LogP contribution in [0.3, 0.4) is 0 Å². The predicted octanol–water partition coefficient (Wildman–Crippen LogP) is 3.67. The molecule has 4 aromatic rings. The van der Waals surface area contributed by atoms with E-state index in [0.717, 1.165) is 22.8 Å². The lowest BCUT2D eigenvalue weighted by molar-refractivity contribution is 1.15. The number of aromatic amines is 1. The van der Waals surface area contributed by atoms with Gasteiger partial charge in [0, 0.05) is 17.0 Å². The Bertz CT molecular complexity index is 1020. The molecule has 0 spiro atoms. The number of hydrogen-bond donors (Lipinski definition) is 1. The first-order valence-electron chi connectivity index (χ1n) is 7.25. The third kappa shape index (κ3) is 2.17. The number of fused-ring (bicyclic) bond motifs is 3. The molecule has 3 heteroatoms. The van der Waals surface area contributed by atoms with Crippen LogP contribution < -0.4 is 5.56 Å². The fourth-order valence-corrected chi connectivity index (χ4v) is 2.83. The van der Waals surface area contributed by atoms with Crippen LogP contribution in [0.1, 0.15) is 11.1 Å². The SMILES string of the molecule is O=c1[nH]c2ncc(Cc3ccccc3)cc2c2ccccc12. The van der Waals surface area contributed by atoms with Gasteiger partial charge in [0.1, 0.15) is 5.65 Å². The second kappa shape index (κ2) is 5.11. The summed E-state index contributed by atoms with van der Waals surface area (Å²) in [6.07, 6.45) is 2.66. The van der Waals surface area contributed by atoms with E-state index in [4.69, 9.17) is 0 Å². The van der Waals surface area contributed by atoms with Crippen molar-refractivity contribution in [2.45, 2.75) is 6.42 Å². The fourth-order valence-electron chi connectivity index (χ4n) is 2.83. The summed E-state index contributed by atoms with van der Waals surface area (Å²) in [5, 5.41) is 2.64. The highest BCUT2D eigenvalue weighted by Crippen LogP contribution is 2.21. The van der Waals surface area contributed by atoms with Gasteiger partial charge in [-0.15, -0.1) is 0 Å². The summed E-state index contributed by atoms with van der Waals surface area (Å²) in [6.45, 7) is 0. The smallest absolute Gasteiger partial charge is 0.257 e. The van der Waals surface area contributed by atoms with E-state index in [1.165, 1.54) is 5.56 Å². The van der Waals surface area contributed by atoms with Crippen LogP contribution in [0.25, 0.3) is 21.8 Å². The molecule has 0 atom stereocenters. The molecule has 2 aromatic carbocycles. The average Bonchev–Trinajstić information content (AvgIpc) is 2.57. The Morgan fingerprint density at radius 1 is 0.818 bits per heavy atom. The van der Waals surface area contributed by atoms with Crippen LogP contribution in [-0.4, -0.2) is 9.97 Å². The Morgan fingerprint density at radius 2 is 1.55 bits per heavy atom. The first-order chi connectivity index (χ1) is 10.8. The number of nitrogens with one attached hydrogen (secondary N) is 1. The fraction of sp³-hybridized carbons (Fsp3) is 0.0526. The third-order valence-electron chi connectivity index (χ3n) is 3.89. The Labute approximate surface area is 127 Å². The highest BCUT2D eigenvalue weighted by atomic mass is 16.1. The molecule has 0 aliphatic carbocycles. The number of pyridine rings is 2. The van der Waals surface area contributed by atoms with Gasteiger partial charge in [0.2, 0.25) is 0 Å². The quantitative estimate of drug-likeness (QED) is 0.571. The largest absolute Gasteiger partial charge is 0.306 e. The number of benzene rings is 2. The van der Waals surface area contributed by atoms with Gasteiger partial charge in [0.15, 0.2) is 0 Å². The Hall–Kier alpha value is -2.94. The lowest BCUT2D eigenvalue weighted by Gasteiger charge is -2.06. The Balaban J connectivity index is 1.91. The molecule has 0 bridgehead atoms. The molecule has 0 fully saturated rings. The molecule has 0 aliphatic rings. The third-order valence-corrected chi connectivity index (χ3v) is 3.89. The maximum atomic E-state index is 12.1. The minimum absolute atomic E-state index is 0.0913. The van der Waals surface area contributed by atoms with Crippen molar-refractivity contribution in [1.29, 1.82) is 0 Å². The molecule has 0 unspecified atom stereocenters. The molecule has 0 saturated heterocycles. The van der Waals surface area contributed by atoms with E-state index >= 15 is 0 Å². The van der Waals surface area contributed by atoms with Gasteiger partial charge in [0.25, 0.3) is 5.56 Å². The summed E-state index contributed by atoms with van der Waals surface area (Å²) in [6, 6.07) is 20.1. The number of rotatable bonds is 2. The molecule has 2 heterocycles. The van der Waals surface area contributed by atoms with Crippen LogP contribution in [0.15, 0.2) is 71.7 Å². The van der Waals surface area contributed by atoms with E-state index in [0.29, 0.717) is 11.0 Å². The minimum Gasteiger partial charge on any atom is -0.306 e. The maximum Gasteiger partial charge on any atom is 0.257 e. The topological polar surface area (TPSA) is 45.8 Å². The van der Waals surface area contributed by atoms with E-state index in [2.05, 4.69) is 28.2 Å². The van der Waals surface area contributed by atoms with Crippen molar-refractivity contribution in [3.05, 3.63) is 88.3 Å². The van der Waals surface area contributed by atoms with Crippen LogP contribution in [0, 0.1) is 0 Å². The maximum absolute atomic E-state index is 12.1. The van der Waals surface area contributed by atoms with E-state index in [1.807, 2.05) is 48.7 Å². The van der Waals surface area contributed by atoms with Gasteiger partial charge < -0.3 is 4.98 Å². The zero-order chi connectivity index (χ0) is 14.9. The van der Waals surface area contributed by atoms with Gasteiger partial charge in [-0.05, 0) is 35.1 Å². The lowest BCUT2D eigenvalue weighted by Crippen LogP contribution is -2.07. The van der Waals surface area contributed by atoms with Crippen LogP contribution in [-0.2, 0) is 6.42 Å². The summed E-state index contributed by atoms with van der Waals surface area (Å²) in [7, 11) is 0.